The summed E-state index contributed by atoms with van der Waals surface area (Å²) in [5.74, 6) is -0.158. The summed E-state index contributed by atoms with van der Waals surface area (Å²) in [5, 5.41) is 13.3. The van der Waals surface area contributed by atoms with Gasteiger partial charge in [0.25, 0.3) is 0 Å². The zero-order valence-corrected chi connectivity index (χ0v) is 10.5. The van der Waals surface area contributed by atoms with Crippen LogP contribution < -0.4 is 5.43 Å². The van der Waals surface area contributed by atoms with Crippen molar-refractivity contribution in [3.05, 3.63) is 29.8 Å². The molecule has 4 heteroatoms. The normalized spacial score (nSPS) is 21.2. The van der Waals surface area contributed by atoms with E-state index in [-0.39, 0.29) is 5.56 Å². The topological polar surface area (TPSA) is 61.7 Å². The van der Waals surface area contributed by atoms with Crippen LogP contribution in [0.5, 0.6) is 0 Å². The van der Waals surface area contributed by atoms with Crippen LogP contribution >= 0.6 is 0 Å². The minimum atomic E-state index is -0.918. The molecule has 1 atom stereocenters. The second kappa shape index (κ2) is 5.67. The Hall–Kier alpha value is -1.84. The van der Waals surface area contributed by atoms with Gasteiger partial charge in [-0.05, 0) is 43.4 Å². The Morgan fingerprint density at radius 1 is 1.56 bits per heavy atom. The molecule has 1 aliphatic carbocycles. The van der Waals surface area contributed by atoms with Gasteiger partial charge in [0.15, 0.2) is 0 Å². The number of nitrogens with zero attached hydrogens (tertiary/aromatic N) is 1. The third-order valence-corrected chi connectivity index (χ3v) is 3.40. The second-order valence-corrected chi connectivity index (χ2v) is 4.69. The van der Waals surface area contributed by atoms with E-state index in [0.717, 1.165) is 24.4 Å². The fraction of sp³-hybridized carbons (Fsp3) is 0.429. The van der Waals surface area contributed by atoms with Crippen LogP contribution in [0, 0.1) is 5.92 Å². The summed E-state index contributed by atoms with van der Waals surface area (Å²) in [4.78, 5) is 10.8. The number of nitrogens with one attached hydrogen (secondary N) is 1. The lowest BCUT2D eigenvalue weighted by atomic mass is 10.1. The van der Waals surface area contributed by atoms with Crippen LogP contribution in [0.25, 0.3) is 0 Å². The maximum atomic E-state index is 10.8. The molecule has 0 heterocycles. The Bertz CT molecular complexity index is 469. The number of carboxylic acids is 1. The summed E-state index contributed by atoms with van der Waals surface area (Å²) in [5.41, 5.74) is 5.13. The molecular formula is C14H18N2O2. The van der Waals surface area contributed by atoms with E-state index in [1.807, 2.05) is 6.07 Å². The van der Waals surface area contributed by atoms with Crippen molar-refractivity contribution in [2.75, 3.05) is 5.43 Å². The molecule has 0 amide bonds. The molecule has 1 aromatic carbocycles. The van der Waals surface area contributed by atoms with Crippen molar-refractivity contribution in [2.45, 2.75) is 32.6 Å². The molecule has 2 N–H and O–H groups in total. The van der Waals surface area contributed by atoms with Crippen LogP contribution in [0.15, 0.2) is 29.4 Å². The zero-order valence-electron chi connectivity index (χ0n) is 10.5. The van der Waals surface area contributed by atoms with Crippen LogP contribution in [0.3, 0.4) is 0 Å². The fourth-order valence-electron chi connectivity index (χ4n) is 2.22. The van der Waals surface area contributed by atoms with Crippen LogP contribution in [0.4, 0.5) is 5.69 Å². The maximum Gasteiger partial charge on any atom is 0.335 e. The smallest absolute Gasteiger partial charge is 0.335 e. The Morgan fingerprint density at radius 2 is 2.39 bits per heavy atom. The molecule has 1 fully saturated rings. The molecular weight excluding hydrogens is 228 g/mol. The van der Waals surface area contributed by atoms with E-state index >= 15 is 0 Å². The van der Waals surface area contributed by atoms with Gasteiger partial charge in [0.05, 0.1) is 11.3 Å². The minimum Gasteiger partial charge on any atom is -0.478 e. The largest absolute Gasteiger partial charge is 0.478 e. The molecule has 96 valence electrons. The predicted molar refractivity (Wildman–Crippen MR) is 72.1 cm³/mol. The van der Waals surface area contributed by atoms with Gasteiger partial charge in [-0.2, -0.15) is 5.10 Å². The molecule has 18 heavy (non-hydrogen) atoms. The van der Waals surface area contributed by atoms with Gasteiger partial charge in [-0.3, -0.25) is 5.43 Å². The highest BCUT2D eigenvalue weighted by Crippen LogP contribution is 2.25. The van der Waals surface area contributed by atoms with E-state index in [9.17, 15) is 4.79 Å². The Morgan fingerprint density at radius 3 is 3.06 bits per heavy atom. The average molecular weight is 246 g/mol. The number of anilines is 1. The number of hydrogen-bond donors (Lipinski definition) is 2. The highest BCUT2D eigenvalue weighted by Gasteiger charge is 2.18. The van der Waals surface area contributed by atoms with E-state index in [4.69, 9.17) is 5.11 Å². The summed E-state index contributed by atoms with van der Waals surface area (Å²) in [6.45, 7) is 2.21. The van der Waals surface area contributed by atoms with Crippen LogP contribution in [-0.2, 0) is 0 Å². The first kappa shape index (κ1) is 12.6. The van der Waals surface area contributed by atoms with Crippen molar-refractivity contribution < 1.29 is 9.90 Å². The van der Waals surface area contributed by atoms with Gasteiger partial charge in [-0.15, -0.1) is 0 Å². The number of hydrazone groups is 1. The summed E-state index contributed by atoms with van der Waals surface area (Å²) >= 11 is 0. The third-order valence-electron chi connectivity index (χ3n) is 3.40. The molecule has 1 saturated carbocycles. The molecule has 0 bridgehead atoms. The molecule has 2 rings (SSSR count). The van der Waals surface area contributed by atoms with E-state index in [2.05, 4.69) is 17.5 Å². The minimum absolute atomic E-state index is 0.276. The number of carboxylic acid groups (broad SMARTS) is 1. The Labute approximate surface area is 107 Å². The summed E-state index contributed by atoms with van der Waals surface area (Å²) in [6, 6.07) is 6.71. The Kier molecular flexibility index (Phi) is 3.97. The number of rotatable bonds is 4. The van der Waals surface area contributed by atoms with Crippen molar-refractivity contribution in [3.63, 3.8) is 0 Å². The molecule has 0 saturated heterocycles. The third kappa shape index (κ3) is 3.09. The molecule has 1 unspecified atom stereocenters. The number of hydrogen-bond acceptors (Lipinski definition) is 3. The predicted octanol–water partition coefficient (Wildman–Crippen LogP) is 3.36. The highest BCUT2D eigenvalue weighted by atomic mass is 16.4. The van der Waals surface area contributed by atoms with E-state index in [1.165, 1.54) is 18.6 Å². The Balaban J connectivity index is 2.00. The number of aromatic carboxylic acids is 1. The lowest BCUT2D eigenvalue weighted by Crippen LogP contribution is -2.00. The van der Waals surface area contributed by atoms with Crippen molar-refractivity contribution >= 4 is 17.4 Å². The van der Waals surface area contributed by atoms with Gasteiger partial charge in [0, 0.05) is 5.71 Å². The SMILES string of the molecule is CCC1CC/C(=N/Nc2cccc(C(=O)O)c2)C1. The second-order valence-electron chi connectivity index (χ2n) is 4.69. The van der Waals surface area contributed by atoms with Gasteiger partial charge in [-0.25, -0.2) is 4.79 Å². The lowest BCUT2D eigenvalue weighted by molar-refractivity contribution is 0.0697. The van der Waals surface area contributed by atoms with E-state index in [0.29, 0.717) is 0 Å². The number of carbonyl (C=O) groups is 1. The maximum absolute atomic E-state index is 10.8. The van der Waals surface area contributed by atoms with Gasteiger partial charge >= 0.3 is 5.97 Å². The van der Waals surface area contributed by atoms with Crippen molar-refractivity contribution in [1.29, 1.82) is 0 Å². The van der Waals surface area contributed by atoms with Crippen LogP contribution in [-0.4, -0.2) is 16.8 Å². The molecule has 0 spiro atoms. The van der Waals surface area contributed by atoms with Crippen LogP contribution in [0.1, 0.15) is 43.0 Å². The average Bonchev–Trinajstić information content (AvgIpc) is 2.84. The lowest BCUT2D eigenvalue weighted by Gasteiger charge is -2.04. The highest BCUT2D eigenvalue weighted by molar-refractivity contribution is 5.89. The molecule has 0 aromatic heterocycles. The first-order valence-electron chi connectivity index (χ1n) is 6.34. The van der Waals surface area contributed by atoms with Gasteiger partial charge in [0.2, 0.25) is 0 Å². The monoisotopic (exact) mass is 246 g/mol. The molecule has 0 radical (unpaired) electrons. The summed E-state index contributed by atoms with van der Waals surface area (Å²) in [6.07, 6.45) is 4.52. The van der Waals surface area contributed by atoms with Crippen molar-refractivity contribution in [3.8, 4) is 0 Å². The molecule has 1 aromatic rings. The van der Waals surface area contributed by atoms with Gasteiger partial charge in [0.1, 0.15) is 0 Å². The quantitative estimate of drug-likeness (QED) is 0.801. The number of benzene rings is 1. The standard InChI is InChI=1S/C14H18N2O2/c1-2-10-6-7-13(8-10)16-15-12-5-3-4-11(9-12)14(17)18/h3-5,9-10,15H,2,6-8H2,1H3,(H,17,18)/b16-13-. The first-order valence-corrected chi connectivity index (χ1v) is 6.34. The molecule has 4 nitrogen and oxygen atoms in total. The van der Waals surface area contributed by atoms with Crippen molar-refractivity contribution in [2.24, 2.45) is 11.0 Å². The van der Waals surface area contributed by atoms with Crippen LogP contribution in [0.2, 0.25) is 0 Å². The van der Waals surface area contributed by atoms with Gasteiger partial charge in [-0.1, -0.05) is 19.4 Å². The van der Waals surface area contributed by atoms with E-state index in [1.54, 1.807) is 18.2 Å². The van der Waals surface area contributed by atoms with Crippen molar-refractivity contribution in [1.82, 2.24) is 0 Å². The zero-order chi connectivity index (χ0) is 13.0. The fourth-order valence-corrected chi connectivity index (χ4v) is 2.22. The molecule has 0 aliphatic heterocycles. The summed E-state index contributed by atoms with van der Waals surface area (Å²) in [7, 11) is 0. The van der Waals surface area contributed by atoms with Gasteiger partial charge < -0.3 is 5.11 Å². The summed E-state index contributed by atoms with van der Waals surface area (Å²) < 4.78 is 0. The molecule has 1 aliphatic rings. The first-order chi connectivity index (χ1) is 8.69. The van der Waals surface area contributed by atoms with E-state index < -0.39 is 5.97 Å².